The second-order valence-corrected chi connectivity index (χ2v) is 3.27. The van der Waals surface area contributed by atoms with Gasteiger partial charge >= 0.3 is 6.98 Å². The van der Waals surface area contributed by atoms with Crippen LogP contribution in [0.2, 0.25) is 5.02 Å². The summed E-state index contributed by atoms with van der Waals surface area (Å²) in [5, 5.41) is 5.74. The number of rotatable bonds is 1. The highest BCUT2D eigenvalue weighted by Crippen LogP contribution is 2.22. The number of aromatic nitrogens is 2. The lowest BCUT2D eigenvalue weighted by Crippen LogP contribution is -2.35. The van der Waals surface area contributed by atoms with E-state index < -0.39 is 12.4 Å². The Morgan fingerprint density at radius 2 is 2.00 bits per heavy atom. The lowest BCUT2D eigenvalue weighted by Gasteiger charge is -2.17. The van der Waals surface area contributed by atoms with Gasteiger partial charge in [-0.05, 0) is 17.5 Å². The Kier molecular flexibility index (Phi) is 1.96. The number of nitrogens with zero attached hydrogens (tertiary/aromatic N) is 1. The van der Waals surface area contributed by atoms with Crippen molar-refractivity contribution in [2.75, 3.05) is 0 Å². The fourth-order valence-corrected chi connectivity index (χ4v) is 1.63. The van der Waals surface area contributed by atoms with Gasteiger partial charge in [0.25, 0.3) is 0 Å². The summed E-state index contributed by atoms with van der Waals surface area (Å²) in [5.74, 6) is 0. The van der Waals surface area contributed by atoms with Crippen molar-refractivity contribution < 1.29 is 12.9 Å². The minimum atomic E-state index is -5.11. The first-order valence-electron chi connectivity index (χ1n) is 3.81. The molecule has 2 rings (SSSR count). The number of fused-ring (bicyclic) bond motifs is 1. The first kappa shape index (κ1) is 9.39. The van der Waals surface area contributed by atoms with Crippen molar-refractivity contribution in [3.63, 3.8) is 0 Å². The molecular weight excluding hydrogens is 215 g/mol. The van der Waals surface area contributed by atoms with E-state index in [0.29, 0.717) is 5.52 Å². The summed E-state index contributed by atoms with van der Waals surface area (Å²) >= 11 is 5.50. The minimum Gasteiger partial charge on any atom is -0.445 e. The SMILES string of the molecule is F[B-](F)(F)c1c(Cl)ccc2[nH]ncc12. The number of aromatic amines is 1. The maximum Gasteiger partial charge on any atom is 0.511 e. The number of halogens is 4. The van der Waals surface area contributed by atoms with Crippen LogP contribution in [-0.4, -0.2) is 17.2 Å². The molecule has 0 amide bonds. The van der Waals surface area contributed by atoms with Gasteiger partial charge in [-0.2, -0.15) is 5.10 Å². The van der Waals surface area contributed by atoms with Crippen LogP contribution >= 0.6 is 11.6 Å². The first-order valence-corrected chi connectivity index (χ1v) is 4.19. The van der Waals surface area contributed by atoms with Crippen LogP contribution in [0, 0.1) is 0 Å². The zero-order valence-corrected chi connectivity index (χ0v) is 7.52. The molecule has 0 aliphatic carbocycles. The third kappa shape index (κ3) is 1.35. The molecule has 0 atom stereocenters. The van der Waals surface area contributed by atoms with Gasteiger partial charge in [0.2, 0.25) is 0 Å². The predicted octanol–water partition coefficient (Wildman–Crippen LogP) is 2.27. The van der Waals surface area contributed by atoms with Crippen LogP contribution in [0.1, 0.15) is 0 Å². The van der Waals surface area contributed by atoms with Gasteiger partial charge in [-0.3, -0.25) is 5.10 Å². The average molecular weight is 219 g/mol. The summed E-state index contributed by atoms with van der Waals surface area (Å²) in [6.07, 6.45) is 1.13. The number of H-pyrrole nitrogens is 1. The van der Waals surface area contributed by atoms with Crippen LogP contribution in [0.3, 0.4) is 0 Å². The van der Waals surface area contributed by atoms with Gasteiger partial charge in [-0.25, -0.2) is 0 Å². The van der Waals surface area contributed by atoms with Gasteiger partial charge in [0, 0.05) is 5.02 Å². The normalized spacial score (nSPS) is 12.3. The monoisotopic (exact) mass is 219 g/mol. The highest BCUT2D eigenvalue weighted by Gasteiger charge is 2.30. The quantitative estimate of drug-likeness (QED) is 0.732. The second-order valence-electron chi connectivity index (χ2n) is 2.87. The lowest BCUT2D eigenvalue weighted by molar-refractivity contribution is 0.502. The molecule has 0 spiro atoms. The van der Waals surface area contributed by atoms with E-state index in [0.717, 1.165) is 6.20 Å². The van der Waals surface area contributed by atoms with E-state index in [1.54, 1.807) is 0 Å². The fraction of sp³-hybridized carbons (Fsp3) is 0. The van der Waals surface area contributed by atoms with Gasteiger partial charge in [0.05, 0.1) is 11.7 Å². The van der Waals surface area contributed by atoms with Crippen molar-refractivity contribution in [1.82, 2.24) is 10.2 Å². The van der Waals surface area contributed by atoms with E-state index in [9.17, 15) is 12.9 Å². The zero-order chi connectivity index (χ0) is 10.3. The van der Waals surface area contributed by atoms with Gasteiger partial charge in [0.1, 0.15) is 0 Å². The molecule has 74 valence electrons. The maximum absolute atomic E-state index is 12.6. The Morgan fingerprint density at radius 1 is 1.29 bits per heavy atom. The summed E-state index contributed by atoms with van der Waals surface area (Å²) < 4.78 is 37.8. The average Bonchev–Trinajstić information content (AvgIpc) is 2.48. The third-order valence-electron chi connectivity index (χ3n) is 1.94. The van der Waals surface area contributed by atoms with E-state index in [1.165, 1.54) is 12.1 Å². The van der Waals surface area contributed by atoms with Gasteiger partial charge in [-0.15, -0.1) is 0 Å². The Labute approximate surface area is 82.1 Å². The van der Waals surface area contributed by atoms with Crippen LogP contribution in [0.4, 0.5) is 12.9 Å². The molecule has 0 radical (unpaired) electrons. The standard InChI is InChI=1S/C7H4BClF3N2/c9-5-1-2-6-4(3-13-14-6)7(5)8(10,11)12/h1-3H,(H,13,14)/q-1. The van der Waals surface area contributed by atoms with Crippen LogP contribution in [0.5, 0.6) is 0 Å². The first-order chi connectivity index (χ1) is 6.50. The number of hydrogen-bond acceptors (Lipinski definition) is 1. The van der Waals surface area contributed by atoms with Crippen LogP contribution in [-0.2, 0) is 0 Å². The van der Waals surface area contributed by atoms with E-state index in [-0.39, 0.29) is 10.4 Å². The van der Waals surface area contributed by atoms with Crippen molar-refractivity contribution in [2.45, 2.75) is 0 Å². The Balaban J connectivity index is 2.83. The van der Waals surface area contributed by atoms with Crippen LogP contribution < -0.4 is 5.46 Å². The van der Waals surface area contributed by atoms with E-state index in [1.807, 2.05) is 0 Å². The van der Waals surface area contributed by atoms with Crippen molar-refractivity contribution in [2.24, 2.45) is 0 Å². The van der Waals surface area contributed by atoms with Crippen molar-refractivity contribution in [3.05, 3.63) is 23.4 Å². The summed E-state index contributed by atoms with van der Waals surface area (Å²) in [6.45, 7) is -5.11. The smallest absolute Gasteiger partial charge is 0.445 e. The summed E-state index contributed by atoms with van der Waals surface area (Å²) in [4.78, 5) is 0. The van der Waals surface area contributed by atoms with E-state index >= 15 is 0 Å². The van der Waals surface area contributed by atoms with Crippen LogP contribution in [0.15, 0.2) is 18.3 Å². The molecule has 1 N–H and O–H groups in total. The fourth-order valence-electron chi connectivity index (χ4n) is 1.35. The topological polar surface area (TPSA) is 28.7 Å². The third-order valence-corrected chi connectivity index (χ3v) is 2.27. The molecule has 0 aliphatic rings. The van der Waals surface area contributed by atoms with Crippen molar-refractivity contribution >= 4 is 34.9 Å². The summed E-state index contributed by atoms with van der Waals surface area (Å²) in [6, 6.07) is 2.68. The van der Waals surface area contributed by atoms with E-state index in [4.69, 9.17) is 11.6 Å². The number of benzene rings is 1. The van der Waals surface area contributed by atoms with Gasteiger partial charge < -0.3 is 12.9 Å². The maximum atomic E-state index is 12.6. The highest BCUT2D eigenvalue weighted by atomic mass is 35.5. The molecule has 0 fully saturated rings. The number of nitrogens with one attached hydrogen (secondary N) is 1. The highest BCUT2D eigenvalue weighted by molar-refractivity contribution is 6.78. The summed E-state index contributed by atoms with van der Waals surface area (Å²) in [5.41, 5.74) is -0.443. The molecule has 0 saturated carbocycles. The zero-order valence-electron chi connectivity index (χ0n) is 6.77. The largest absolute Gasteiger partial charge is 0.511 e. The molecule has 0 saturated heterocycles. The molecule has 1 heterocycles. The molecular formula is C7H4BClF3N2-. The molecule has 7 heteroatoms. The molecule has 2 nitrogen and oxygen atoms in total. The minimum absolute atomic E-state index is 0.0185. The van der Waals surface area contributed by atoms with Gasteiger partial charge in [-0.1, -0.05) is 17.1 Å². The Hall–Kier alpha value is -1.17. The number of hydrogen-bond donors (Lipinski definition) is 1. The molecule has 0 unspecified atom stereocenters. The molecule has 1 aromatic heterocycles. The molecule has 0 bridgehead atoms. The van der Waals surface area contributed by atoms with E-state index in [2.05, 4.69) is 10.2 Å². The second kappa shape index (κ2) is 2.91. The molecule has 14 heavy (non-hydrogen) atoms. The molecule has 0 aliphatic heterocycles. The molecule has 2 aromatic rings. The Morgan fingerprint density at radius 3 is 2.64 bits per heavy atom. The molecule has 1 aromatic carbocycles. The predicted molar refractivity (Wildman–Crippen MR) is 49.8 cm³/mol. The van der Waals surface area contributed by atoms with Crippen LogP contribution in [0.25, 0.3) is 10.9 Å². The lowest BCUT2D eigenvalue weighted by atomic mass is 9.78. The summed E-state index contributed by atoms with van der Waals surface area (Å²) in [7, 11) is 0. The van der Waals surface area contributed by atoms with Crippen molar-refractivity contribution in [1.29, 1.82) is 0 Å². The van der Waals surface area contributed by atoms with Crippen molar-refractivity contribution in [3.8, 4) is 0 Å². The van der Waals surface area contributed by atoms with Gasteiger partial charge in [0.15, 0.2) is 0 Å². The Bertz CT molecular complexity index is 479.